The van der Waals surface area contributed by atoms with E-state index >= 15 is 0 Å². The van der Waals surface area contributed by atoms with Crippen molar-refractivity contribution in [2.75, 3.05) is 25.0 Å². The summed E-state index contributed by atoms with van der Waals surface area (Å²) in [5.41, 5.74) is 3.48. The summed E-state index contributed by atoms with van der Waals surface area (Å²) in [7, 11) is 0. The van der Waals surface area contributed by atoms with E-state index in [2.05, 4.69) is 62.4 Å². The van der Waals surface area contributed by atoms with Crippen LogP contribution in [0.25, 0.3) is 11.3 Å². The monoisotopic (exact) mass is 346 g/mol. The SMILES string of the molecule is Cc1ccc(-c2nn3c(c2Br)NCC2CNCCC23)cc1. The van der Waals surface area contributed by atoms with Crippen molar-refractivity contribution in [2.24, 2.45) is 5.92 Å². The normalized spacial score (nSPS) is 24.1. The van der Waals surface area contributed by atoms with Gasteiger partial charge in [0.05, 0.1) is 10.5 Å². The molecule has 1 saturated heterocycles. The van der Waals surface area contributed by atoms with Crippen LogP contribution in [0.4, 0.5) is 5.82 Å². The van der Waals surface area contributed by atoms with Gasteiger partial charge in [0.25, 0.3) is 0 Å². The molecule has 1 fully saturated rings. The second kappa shape index (κ2) is 5.14. The van der Waals surface area contributed by atoms with Crippen molar-refractivity contribution in [3.8, 4) is 11.3 Å². The Morgan fingerprint density at radius 1 is 1.24 bits per heavy atom. The van der Waals surface area contributed by atoms with Crippen LogP contribution in [0.2, 0.25) is 0 Å². The van der Waals surface area contributed by atoms with Gasteiger partial charge in [-0.15, -0.1) is 0 Å². The zero-order chi connectivity index (χ0) is 14.4. The van der Waals surface area contributed by atoms with Crippen LogP contribution in [-0.2, 0) is 0 Å². The van der Waals surface area contributed by atoms with E-state index in [9.17, 15) is 0 Å². The molecule has 0 saturated carbocycles. The first kappa shape index (κ1) is 13.3. The number of fused-ring (bicyclic) bond motifs is 3. The third kappa shape index (κ3) is 2.19. The van der Waals surface area contributed by atoms with Crippen LogP contribution >= 0.6 is 15.9 Å². The molecule has 0 spiro atoms. The van der Waals surface area contributed by atoms with Gasteiger partial charge in [-0.2, -0.15) is 5.10 Å². The fourth-order valence-electron chi connectivity index (χ4n) is 3.38. The number of aromatic nitrogens is 2. The summed E-state index contributed by atoms with van der Waals surface area (Å²) in [5.74, 6) is 1.76. The molecule has 21 heavy (non-hydrogen) atoms. The van der Waals surface area contributed by atoms with Gasteiger partial charge in [0.2, 0.25) is 0 Å². The summed E-state index contributed by atoms with van der Waals surface area (Å²) in [6, 6.07) is 9.09. The van der Waals surface area contributed by atoms with Gasteiger partial charge in [-0.25, -0.2) is 4.68 Å². The Morgan fingerprint density at radius 2 is 2.05 bits per heavy atom. The molecule has 4 rings (SSSR count). The van der Waals surface area contributed by atoms with Crippen molar-refractivity contribution in [3.63, 3.8) is 0 Å². The molecule has 4 nitrogen and oxygen atoms in total. The highest BCUT2D eigenvalue weighted by Gasteiger charge is 2.34. The standard InChI is InChI=1S/C16H19BrN4/c1-10-2-4-11(5-3-10)15-14(17)16-19-9-12-8-18-7-6-13(12)21(16)20-15/h2-5,12-13,18-19H,6-9H2,1H3. The van der Waals surface area contributed by atoms with Gasteiger partial charge in [-0.1, -0.05) is 29.8 Å². The van der Waals surface area contributed by atoms with Crippen LogP contribution in [0.3, 0.4) is 0 Å². The van der Waals surface area contributed by atoms with Crippen molar-refractivity contribution in [2.45, 2.75) is 19.4 Å². The van der Waals surface area contributed by atoms with E-state index in [-0.39, 0.29) is 0 Å². The lowest BCUT2D eigenvalue weighted by molar-refractivity contribution is 0.238. The van der Waals surface area contributed by atoms with Crippen molar-refractivity contribution in [1.29, 1.82) is 0 Å². The molecule has 2 atom stereocenters. The number of hydrogen-bond donors (Lipinski definition) is 2. The third-order valence-electron chi connectivity index (χ3n) is 4.59. The van der Waals surface area contributed by atoms with Gasteiger partial charge in [0.15, 0.2) is 0 Å². The van der Waals surface area contributed by atoms with Crippen LogP contribution in [0.1, 0.15) is 18.0 Å². The Kier molecular flexibility index (Phi) is 3.27. The number of benzene rings is 1. The maximum Gasteiger partial charge on any atom is 0.139 e. The van der Waals surface area contributed by atoms with Crippen LogP contribution < -0.4 is 10.6 Å². The molecular weight excluding hydrogens is 328 g/mol. The molecule has 0 bridgehead atoms. The predicted molar refractivity (Wildman–Crippen MR) is 88.6 cm³/mol. The highest BCUT2D eigenvalue weighted by Crippen LogP contribution is 2.41. The molecule has 0 amide bonds. The Bertz CT molecular complexity index is 662. The van der Waals surface area contributed by atoms with Crippen LogP contribution in [0.5, 0.6) is 0 Å². The second-order valence-corrected chi connectivity index (χ2v) is 6.82. The van der Waals surface area contributed by atoms with E-state index in [0.717, 1.165) is 42.0 Å². The molecule has 1 aromatic carbocycles. The number of piperidine rings is 1. The van der Waals surface area contributed by atoms with E-state index < -0.39 is 0 Å². The summed E-state index contributed by atoms with van der Waals surface area (Å²) >= 11 is 3.75. The first-order chi connectivity index (χ1) is 10.2. The first-order valence-electron chi connectivity index (χ1n) is 7.53. The molecule has 2 unspecified atom stereocenters. The van der Waals surface area contributed by atoms with Crippen LogP contribution in [0.15, 0.2) is 28.7 Å². The molecule has 0 aliphatic carbocycles. The summed E-state index contributed by atoms with van der Waals surface area (Å²) in [6.45, 7) is 5.29. The van der Waals surface area contributed by atoms with E-state index in [1.165, 1.54) is 11.1 Å². The lowest BCUT2D eigenvalue weighted by atomic mass is 9.92. The smallest absolute Gasteiger partial charge is 0.139 e. The lowest BCUT2D eigenvalue weighted by Crippen LogP contribution is -2.44. The minimum Gasteiger partial charge on any atom is -0.369 e. The number of hydrogen-bond acceptors (Lipinski definition) is 3. The number of aryl methyl sites for hydroxylation is 1. The largest absolute Gasteiger partial charge is 0.369 e. The minimum atomic E-state index is 0.512. The summed E-state index contributed by atoms with van der Waals surface area (Å²) in [4.78, 5) is 0. The van der Waals surface area contributed by atoms with Crippen LogP contribution in [-0.4, -0.2) is 29.4 Å². The zero-order valence-electron chi connectivity index (χ0n) is 12.1. The number of nitrogens with zero attached hydrogens (tertiary/aromatic N) is 2. The number of rotatable bonds is 1. The number of halogens is 1. The number of anilines is 1. The highest BCUT2D eigenvalue weighted by atomic mass is 79.9. The maximum absolute atomic E-state index is 4.91. The van der Waals surface area contributed by atoms with Crippen molar-refractivity contribution in [3.05, 3.63) is 34.3 Å². The summed E-state index contributed by atoms with van der Waals surface area (Å²) < 4.78 is 3.29. The summed E-state index contributed by atoms with van der Waals surface area (Å²) in [5, 5.41) is 11.9. The molecule has 0 radical (unpaired) electrons. The quantitative estimate of drug-likeness (QED) is 0.833. The van der Waals surface area contributed by atoms with Gasteiger partial charge >= 0.3 is 0 Å². The lowest BCUT2D eigenvalue weighted by Gasteiger charge is -2.37. The predicted octanol–water partition coefficient (Wildman–Crippen LogP) is 3.20. The Balaban J connectivity index is 1.78. The molecule has 5 heteroatoms. The average Bonchev–Trinajstić information content (AvgIpc) is 2.86. The first-order valence-corrected chi connectivity index (χ1v) is 8.33. The Morgan fingerprint density at radius 3 is 2.86 bits per heavy atom. The van der Waals surface area contributed by atoms with Gasteiger partial charge in [-0.3, -0.25) is 0 Å². The average molecular weight is 347 g/mol. The third-order valence-corrected chi connectivity index (χ3v) is 5.34. The minimum absolute atomic E-state index is 0.512. The van der Waals surface area contributed by atoms with E-state index in [4.69, 9.17) is 5.10 Å². The number of nitrogens with one attached hydrogen (secondary N) is 2. The fourth-order valence-corrected chi connectivity index (χ4v) is 4.01. The molecule has 2 N–H and O–H groups in total. The maximum atomic E-state index is 4.91. The molecule has 2 aromatic rings. The Hall–Kier alpha value is -1.33. The van der Waals surface area contributed by atoms with Gasteiger partial charge in [-0.05, 0) is 35.8 Å². The van der Waals surface area contributed by atoms with Crippen molar-refractivity contribution >= 4 is 21.7 Å². The van der Waals surface area contributed by atoms with Gasteiger partial charge < -0.3 is 10.6 Å². The Labute approximate surface area is 133 Å². The fraction of sp³-hybridized carbons (Fsp3) is 0.438. The molecule has 2 aliphatic heterocycles. The topological polar surface area (TPSA) is 41.9 Å². The van der Waals surface area contributed by atoms with Crippen LogP contribution in [0, 0.1) is 12.8 Å². The van der Waals surface area contributed by atoms with E-state index in [1.807, 2.05) is 0 Å². The molecule has 110 valence electrons. The zero-order valence-corrected chi connectivity index (χ0v) is 13.7. The van der Waals surface area contributed by atoms with E-state index in [1.54, 1.807) is 0 Å². The van der Waals surface area contributed by atoms with E-state index in [0.29, 0.717) is 12.0 Å². The van der Waals surface area contributed by atoms with Crippen molar-refractivity contribution < 1.29 is 0 Å². The van der Waals surface area contributed by atoms with Gasteiger partial charge in [0.1, 0.15) is 11.5 Å². The molecule has 1 aromatic heterocycles. The highest BCUT2D eigenvalue weighted by molar-refractivity contribution is 9.10. The molecule has 3 heterocycles. The second-order valence-electron chi connectivity index (χ2n) is 6.02. The molecule has 2 aliphatic rings. The summed E-state index contributed by atoms with van der Waals surface area (Å²) in [6.07, 6.45) is 1.15. The molecular formula is C16H19BrN4. The van der Waals surface area contributed by atoms with Gasteiger partial charge in [0, 0.05) is 24.6 Å². The van der Waals surface area contributed by atoms with Crippen molar-refractivity contribution in [1.82, 2.24) is 15.1 Å².